The maximum absolute atomic E-state index is 14.1. The fourth-order valence-electron chi connectivity index (χ4n) is 3.05. The van der Waals surface area contributed by atoms with Gasteiger partial charge < -0.3 is 4.90 Å². The van der Waals surface area contributed by atoms with Crippen LogP contribution in [0.5, 0.6) is 0 Å². The molecular formula is C18H15F2N3. The van der Waals surface area contributed by atoms with Gasteiger partial charge in [0.2, 0.25) is 0 Å². The molecule has 0 unspecified atom stereocenters. The number of para-hydroxylation sites is 1. The second kappa shape index (κ2) is 5.57. The number of nitrogens with zero attached hydrogens (tertiary/aromatic N) is 3. The number of halogens is 2. The van der Waals surface area contributed by atoms with E-state index >= 15 is 0 Å². The van der Waals surface area contributed by atoms with Gasteiger partial charge in [-0.2, -0.15) is 0 Å². The molecule has 1 fully saturated rings. The number of aromatic nitrogens is 2. The zero-order valence-electron chi connectivity index (χ0n) is 12.5. The summed E-state index contributed by atoms with van der Waals surface area (Å²) in [5.41, 5.74) is 0.528. The summed E-state index contributed by atoms with van der Waals surface area (Å²) >= 11 is 0. The third-order valence-electron chi connectivity index (χ3n) is 4.18. The van der Waals surface area contributed by atoms with Crippen molar-refractivity contribution in [3.63, 3.8) is 0 Å². The fraction of sp³-hybridized carbons (Fsp3) is 0.222. The van der Waals surface area contributed by atoms with Crippen LogP contribution in [0.3, 0.4) is 0 Å². The van der Waals surface area contributed by atoms with E-state index < -0.39 is 11.6 Å². The molecule has 3 aromatic rings. The van der Waals surface area contributed by atoms with E-state index in [1.54, 1.807) is 0 Å². The van der Waals surface area contributed by atoms with Crippen LogP contribution in [-0.2, 0) is 0 Å². The summed E-state index contributed by atoms with van der Waals surface area (Å²) in [7, 11) is 0. The lowest BCUT2D eigenvalue weighted by Gasteiger charge is -2.19. The van der Waals surface area contributed by atoms with Crippen LogP contribution < -0.4 is 4.90 Å². The molecule has 1 saturated heterocycles. The average molecular weight is 311 g/mol. The summed E-state index contributed by atoms with van der Waals surface area (Å²) in [6.07, 6.45) is 2.20. The third kappa shape index (κ3) is 2.42. The summed E-state index contributed by atoms with van der Waals surface area (Å²) in [6.45, 7) is 1.81. The normalized spacial score (nSPS) is 14.6. The van der Waals surface area contributed by atoms with Crippen molar-refractivity contribution in [1.82, 2.24) is 9.97 Å². The van der Waals surface area contributed by atoms with Crippen LogP contribution in [0, 0.1) is 11.6 Å². The van der Waals surface area contributed by atoms with E-state index in [2.05, 4.69) is 14.9 Å². The van der Waals surface area contributed by atoms with Gasteiger partial charge in [0, 0.05) is 18.5 Å². The molecule has 0 radical (unpaired) electrons. The Bertz CT molecular complexity index is 853. The van der Waals surface area contributed by atoms with Gasteiger partial charge in [0.1, 0.15) is 17.5 Å². The molecule has 0 bridgehead atoms. The van der Waals surface area contributed by atoms with Crippen LogP contribution >= 0.6 is 0 Å². The minimum Gasteiger partial charge on any atom is -0.356 e. The van der Waals surface area contributed by atoms with Gasteiger partial charge in [0.25, 0.3) is 0 Å². The van der Waals surface area contributed by atoms with Gasteiger partial charge in [-0.05, 0) is 37.1 Å². The highest BCUT2D eigenvalue weighted by atomic mass is 19.1. The largest absolute Gasteiger partial charge is 0.356 e. The zero-order valence-corrected chi connectivity index (χ0v) is 12.5. The number of benzene rings is 2. The molecule has 5 heteroatoms. The maximum atomic E-state index is 14.1. The van der Waals surface area contributed by atoms with E-state index in [1.807, 2.05) is 24.3 Å². The van der Waals surface area contributed by atoms with E-state index in [1.165, 1.54) is 18.2 Å². The van der Waals surface area contributed by atoms with Crippen LogP contribution in [0.1, 0.15) is 12.8 Å². The Kier molecular flexibility index (Phi) is 3.41. The molecule has 0 aliphatic carbocycles. The molecule has 0 atom stereocenters. The highest BCUT2D eigenvalue weighted by Gasteiger charge is 2.21. The molecule has 0 spiro atoms. The molecule has 1 aromatic heterocycles. The number of hydrogen-bond donors (Lipinski definition) is 0. The predicted octanol–water partition coefficient (Wildman–Crippen LogP) is 4.18. The van der Waals surface area contributed by atoms with Crippen molar-refractivity contribution in [2.75, 3.05) is 18.0 Å². The Morgan fingerprint density at radius 3 is 2.26 bits per heavy atom. The monoisotopic (exact) mass is 311 g/mol. The first-order valence-electron chi connectivity index (χ1n) is 7.70. The summed E-state index contributed by atoms with van der Waals surface area (Å²) in [5, 5.41) is 0.912. The van der Waals surface area contributed by atoms with Crippen molar-refractivity contribution >= 4 is 16.7 Å². The summed E-state index contributed by atoms with van der Waals surface area (Å²) in [6, 6.07) is 11.4. The van der Waals surface area contributed by atoms with Gasteiger partial charge >= 0.3 is 0 Å². The van der Waals surface area contributed by atoms with E-state index in [4.69, 9.17) is 0 Å². The topological polar surface area (TPSA) is 29.0 Å². The molecule has 4 rings (SSSR count). The number of anilines is 1. The number of hydrogen-bond acceptors (Lipinski definition) is 3. The smallest absolute Gasteiger partial charge is 0.168 e. The van der Waals surface area contributed by atoms with Crippen LogP contribution in [0.4, 0.5) is 14.6 Å². The first kappa shape index (κ1) is 14.1. The highest BCUT2D eigenvalue weighted by molar-refractivity contribution is 5.91. The summed E-state index contributed by atoms with van der Waals surface area (Å²) in [5.74, 6) is -0.438. The number of fused-ring (bicyclic) bond motifs is 1. The summed E-state index contributed by atoms with van der Waals surface area (Å²) < 4.78 is 28.2. The molecular weight excluding hydrogens is 296 g/mol. The van der Waals surface area contributed by atoms with Crippen LogP contribution in [0.15, 0.2) is 42.5 Å². The van der Waals surface area contributed by atoms with Crippen molar-refractivity contribution in [2.45, 2.75) is 12.8 Å². The van der Waals surface area contributed by atoms with Gasteiger partial charge in [0.15, 0.2) is 5.82 Å². The first-order valence-corrected chi connectivity index (χ1v) is 7.70. The van der Waals surface area contributed by atoms with Crippen molar-refractivity contribution in [2.24, 2.45) is 0 Å². The minimum absolute atomic E-state index is 0.0983. The van der Waals surface area contributed by atoms with E-state index in [-0.39, 0.29) is 11.4 Å². The van der Waals surface area contributed by atoms with E-state index in [9.17, 15) is 8.78 Å². The lowest BCUT2D eigenvalue weighted by Crippen LogP contribution is -2.20. The van der Waals surface area contributed by atoms with Crippen LogP contribution in [-0.4, -0.2) is 23.1 Å². The lowest BCUT2D eigenvalue weighted by atomic mass is 10.1. The highest BCUT2D eigenvalue weighted by Crippen LogP contribution is 2.31. The van der Waals surface area contributed by atoms with Crippen molar-refractivity contribution < 1.29 is 8.78 Å². The Morgan fingerprint density at radius 1 is 0.826 bits per heavy atom. The molecule has 0 amide bonds. The molecule has 0 saturated carbocycles. The van der Waals surface area contributed by atoms with E-state index in [0.29, 0.717) is 5.52 Å². The van der Waals surface area contributed by atoms with Gasteiger partial charge in [-0.15, -0.1) is 0 Å². The molecule has 23 heavy (non-hydrogen) atoms. The standard InChI is InChI=1S/C18H15F2N3/c19-13-7-5-8-14(20)16(13)17-21-15-9-2-1-6-12(15)18(22-17)23-10-3-4-11-23/h1-2,5-9H,3-4,10-11H2. The number of rotatable bonds is 2. The van der Waals surface area contributed by atoms with Gasteiger partial charge in [0.05, 0.1) is 11.1 Å². The van der Waals surface area contributed by atoms with Crippen molar-refractivity contribution in [3.05, 3.63) is 54.1 Å². The second-order valence-electron chi connectivity index (χ2n) is 5.68. The van der Waals surface area contributed by atoms with Crippen molar-refractivity contribution in [3.8, 4) is 11.4 Å². The van der Waals surface area contributed by atoms with Gasteiger partial charge in [-0.3, -0.25) is 0 Å². The zero-order chi connectivity index (χ0) is 15.8. The Hall–Kier alpha value is -2.56. The predicted molar refractivity (Wildman–Crippen MR) is 86.3 cm³/mol. The van der Waals surface area contributed by atoms with E-state index in [0.717, 1.165) is 37.1 Å². The maximum Gasteiger partial charge on any atom is 0.168 e. The lowest BCUT2D eigenvalue weighted by molar-refractivity contribution is 0.587. The third-order valence-corrected chi connectivity index (χ3v) is 4.18. The van der Waals surface area contributed by atoms with Crippen LogP contribution in [0.25, 0.3) is 22.3 Å². The molecule has 2 aromatic carbocycles. The Balaban J connectivity index is 1.98. The molecule has 0 N–H and O–H groups in total. The summed E-state index contributed by atoms with van der Waals surface area (Å²) in [4.78, 5) is 11.1. The minimum atomic E-state index is -0.646. The van der Waals surface area contributed by atoms with Gasteiger partial charge in [-0.25, -0.2) is 18.7 Å². The molecule has 2 heterocycles. The quantitative estimate of drug-likeness (QED) is 0.711. The van der Waals surface area contributed by atoms with Crippen molar-refractivity contribution in [1.29, 1.82) is 0 Å². The SMILES string of the molecule is Fc1cccc(F)c1-c1nc(N2CCCC2)c2ccccc2n1. The van der Waals surface area contributed by atoms with Gasteiger partial charge in [-0.1, -0.05) is 18.2 Å². The Labute approximate surface area is 132 Å². The van der Waals surface area contributed by atoms with Crippen LogP contribution in [0.2, 0.25) is 0 Å². The molecule has 1 aliphatic heterocycles. The molecule has 1 aliphatic rings. The average Bonchev–Trinajstić information content (AvgIpc) is 3.08. The first-order chi connectivity index (χ1) is 11.2. The fourth-order valence-corrected chi connectivity index (χ4v) is 3.05. The molecule has 3 nitrogen and oxygen atoms in total. The second-order valence-corrected chi connectivity index (χ2v) is 5.68. The Morgan fingerprint density at radius 2 is 1.52 bits per heavy atom. The molecule has 116 valence electrons.